The van der Waals surface area contributed by atoms with Gasteiger partial charge in [-0.2, -0.15) is 0 Å². The highest BCUT2D eigenvalue weighted by molar-refractivity contribution is 5.99. The van der Waals surface area contributed by atoms with Crippen molar-refractivity contribution in [1.82, 2.24) is 0 Å². The molecule has 0 aliphatic rings. The molecule has 0 bridgehead atoms. The molecule has 20 heavy (non-hydrogen) atoms. The second-order valence-corrected chi connectivity index (χ2v) is 4.21. The van der Waals surface area contributed by atoms with E-state index < -0.39 is 23.6 Å². The van der Waals surface area contributed by atoms with Crippen LogP contribution in [0.15, 0.2) is 42.5 Å². The van der Waals surface area contributed by atoms with Crippen LogP contribution in [-0.2, 0) is 0 Å². The Kier molecular flexibility index (Phi) is 4.08. The summed E-state index contributed by atoms with van der Waals surface area (Å²) in [6.07, 6.45) is -0.898. The second kappa shape index (κ2) is 5.77. The highest BCUT2D eigenvalue weighted by atomic mass is 19.2. The average Bonchev–Trinajstić information content (AvgIpc) is 2.43. The van der Waals surface area contributed by atoms with Gasteiger partial charge in [-0.15, -0.1) is 0 Å². The summed E-state index contributed by atoms with van der Waals surface area (Å²) >= 11 is 0. The summed E-state index contributed by atoms with van der Waals surface area (Å²) in [5, 5.41) is 0. The number of hydrogen-bond donors (Lipinski definition) is 0. The van der Waals surface area contributed by atoms with Crippen molar-refractivity contribution in [3.63, 3.8) is 0 Å². The highest BCUT2D eigenvalue weighted by Gasteiger charge is 2.17. The Morgan fingerprint density at radius 2 is 1.65 bits per heavy atom. The third kappa shape index (κ3) is 3.17. The minimum absolute atomic E-state index is 0.0480. The summed E-state index contributed by atoms with van der Waals surface area (Å²) in [5.74, 6) is -2.82. The molecule has 104 valence electrons. The molecule has 2 nitrogen and oxygen atoms in total. The van der Waals surface area contributed by atoms with Gasteiger partial charge in [-0.25, -0.2) is 13.2 Å². The molecule has 0 N–H and O–H groups in total. The zero-order chi connectivity index (χ0) is 14.7. The third-order valence-corrected chi connectivity index (χ3v) is 2.70. The standard InChI is InChI=1S/C15H11F3O2/c1-9(15(19)10-2-4-11(16)5-3-10)20-12-6-7-13(17)14(18)8-12/h2-9H,1H3. The Balaban J connectivity index is 2.11. The van der Waals surface area contributed by atoms with Crippen LogP contribution < -0.4 is 4.74 Å². The Bertz CT molecular complexity index is 624. The normalized spacial score (nSPS) is 12.0. The molecule has 0 radical (unpaired) electrons. The fourth-order valence-electron chi connectivity index (χ4n) is 1.66. The van der Waals surface area contributed by atoms with E-state index in [1.165, 1.54) is 25.1 Å². The molecular formula is C15H11F3O2. The van der Waals surface area contributed by atoms with Gasteiger partial charge in [0.05, 0.1) is 0 Å². The van der Waals surface area contributed by atoms with Crippen LogP contribution in [0.1, 0.15) is 17.3 Å². The van der Waals surface area contributed by atoms with E-state index in [2.05, 4.69) is 0 Å². The Morgan fingerprint density at radius 1 is 1.00 bits per heavy atom. The molecular weight excluding hydrogens is 269 g/mol. The molecule has 5 heteroatoms. The van der Waals surface area contributed by atoms with Crippen LogP contribution in [0.4, 0.5) is 13.2 Å². The minimum atomic E-state index is -1.05. The summed E-state index contributed by atoms with van der Waals surface area (Å²) < 4.78 is 43.8. The maximum absolute atomic E-state index is 13.0. The average molecular weight is 280 g/mol. The topological polar surface area (TPSA) is 26.3 Å². The lowest BCUT2D eigenvalue weighted by Gasteiger charge is -2.13. The molecule has 1 atom stereocenters. The zero-order valence-corrected chi connectivity index (χ0v) is 10.6. The number of carbonyl (C=O) groups is 1. The summed E-state index contributed by atoms with van der Waals surface area (Å²) in [6.45, 7) is 1.48. The summed E-state index contributed by atoms with van der Waals surface area (Å²) in [7, 11) is 0. The van der Waals surface area contributed by atoms with Crippen molar-refractivity contribution in [2.24, 2.45) is 0 Å². The predicted molar refractivity (Wildman–Crippen MR) is 67.2 cm³/mol. The van der Waals surface area contributed by atoms with Crippen molar-refractivity contribution in [3.05, 3.63) is 65.5 Å². The molecule has 0 saturated carbocycles. The van der Waals surface area contributed by atoms with Gasteiger partial charge in [0.1, 0.15) is 11.6 Å². The van der Waals surface area contributed by atoms with Crippen LogP contribution in [0.3, 0.4) is 0 Å². The van der Waals surface area contributed by atoms with Gasteiger partial charge in [0.2, 0.25) is 5.78 Å². The molecule has 0 aliphatic carbocycles. The SMILES string of the molecule is CC(Oc1ccc(F)c(F)c1)C(=O)c1ccc(F)cc1. The number of halogens is 3. The van der Waals surface area contributed by atoms with Crippen molar-refractivity contribution in [2.45, 2.75) is 13.0 Å². The molecule has 0 aliphatic heterocycles. The van der Waals surface area contributed by atoms with Gasteiger partial charge in [0, 0.05) is 11.6 Å². The maximum Gasteiger partial charge on any atom is 0.202 e. The van der Waals surface area contributed by atoms with Crippen LogP contribution in [-0.4, -0.2) is 11.9 Å². The number of carbonyl (C=O) groups excluding carboxylic acids is 1. The predicted octanol–water partition coefficient (Wildman–Crippen LogP) is 3.75. The monoisotopic (exact) mass is 280 g/mol. The van der Waals surface area contributed by atoms with E-state index >= 15 is 0 Å². The van der Waals surface area contributed by atoms with Crippen molar-refractivity contribution < 1.29 is 22.7 Å². The molecule has 2 aromatic carbocycles. The van der Waals surface area contributed by atoms with E-state index in [0.717, 1.165) is 24.3 Å². The van der Waals surface area contributed by atoms with E-state index in [1.54, 1.807) is 0 Å². The summed E-state index contributed by atoms with van der Waals surface area (Å²) in [4.78, 5) is 12.0. The van der Waals surface area contributed by atoms with Gasteiger partial charge in [-0.1, -0.05) is 0 Å². The number of hydrogen-bond acceptors (Lipinski definition) is 2. The lowest BCUT2D eigenvalue weighted by molar-refractivity contribution is 0.0817. The molecule has 0 amide bonds. The summed E-state index contributed by atoms with van der Waals surface area (Å²) in [6, 6.07) is 8.01. The lowest BCUT2D eigenvalue weighted by atomic mass is 10.1. The van der Waals surface area contributed by atoms with Gasteiger partial charge in [0.25, 0.3) is 0 Å². The minimum Gasteiger partial charge on any atom is -0.482 e. The number of ketones is 1. The summed E-state index contributed by atoms with van der Waals surface area (Å²) in [5.41, 5.74) is 0.279. The van der Waals surface area contributed by atoms with Gasteiger partial charge in [-0.05, 0) is 43.3 Å². The number of Topliss-reactive ketones (excluding diaryl/α,β-unsaturated/α-hetero) is 1. The fourth-order valence-corrected chi connectivity index (χ4v) is 1.66. The quantitative estimate of drug-likeness (QED) is 0.797. The molecule has 0 heterocycles. The number of ether oxygens (including phenoxy) is 1. The van der Waals surface area contributed by atoms with Crippen molar-refractivity contribution >= 4 is 5.78 Å². The number of benzene rings is 2. The second-order valence-electron chi connectivity index (χ2n) is 4.21. The van der Waals surface area contributed by atoms with Crippen LogP contribution in [0.5, 0.6) is 5.75 Å². The van der Waals surface area contributed by atoms with Crippen LogP contribution >= 0.6 is 0 Å². The maximum atomic E-state index is 13.0. The first kappa shape index (κ1) is 14.1. The van der Waals surface area contributed by atoms with Gasteiger partial charge in [0.15, 0.2) is 17.7 Å². The van der Waals surface area contributed by atoms with Gasteiger partial charge in [-0.3, -0.25) is 4.79 Å². The molecule has 0 spiro atoms. The van der Waals surface area contributed by atoms with Crippen molar-refractivity contribution in [1.29, 1.82) is 0 Å². The molecule has 0 aromatic heterocycles. The largest absolute Gasteiger partial charge is 0.482 e. The van der Waals surface area contributed by atoms with Gasteiger partial charge < -0.3 is 4.74 Å². The molecule has 0 fully saturated rings. The fraction of sp³-hybridized carbons (Fsp3) is 0.133. The van der Waals surface area contributed by atoms with Crippen LogP contribution in [0, 0.1) is 17.5 Å². The number of rotatable bonds is 4. The first-order valence-corrected chi connectivity index (χ1v) is 5.89. The molecule has 2 rings (SSSR count). The van der Waals surface area contributed by atoms with E-state index in [0.29, 0.717) is 0 Å². The van der Waals surface area contributed by atoms with Crippen LogP contribution in [0.25, 0.3) is 0 Å². The zero-order valence-electron chi connectivity index (χ0n) is 10.6. The van der Waals surface area contributed by atoms with E-state index in [1.807, 2.05) is 0 Å². The Hall–Kier alpha value is -2.30. The van der Waals surface area contributed by atoms with Crippen molar-refractivity contribution in [2.75, 3.05) is 0 Å². The first-order valence-electron chi connectivity index (χ1n) is 5.89. The van der Waals surface area contributed by atoms with E-state index in [9.17, 15) is 18.0 Å². The molecule has 0 saturated heterocycles. The van der Waals surface area contributed by atoms with E-state index in [-0.39, 0.29) is 17.1 Å². The van der Waals surface area contributed by atoms with E-state index in [4.69, 9.17) is 4.74 Å². The Labute approximate surface area is 113 Å². The van der Waals surface area contributed by atoms with Gasteiger partial charge >= 0.3 is 0 Å². The first-order chi connectivity index (χ1) is 9.47. The highest BCUT2D eigenvalue weighted by Crippen LogP contribution is 2.18. The molecule has 2 aromatic rings. The van der Waals surface area contributed by atoms with Crippen molar-refractivity contribution in [3.8, 4) is 5.75 Å². The molecule has 1 unspecified atom stereocenters. The van der Waals surface area contributed by atoms with Crippen LogP contribution in [0.2, 0.25) is 0 Å². The third-order valence-electron chi connectivity index (χ3n) is 2.70. The lowest BCUT2D eigenvalue weighted by Crippen LogP contribution is -2.24. The smallest absolute Gasteiger partial charge is 0.202 e. The Morgan fingerprint density at radius 3 is 2.25 bits per heavy atom.